The molecule has 0 atom stereocenters. The molecular formula is C19H21ClN2O3. The van der Waals surface area contributed by atoms with Gasteiger partial charge in [0.05, 0.1) is 6.61 Å². The van der Waals surface area contributed by atoms with Crippen molar-refractivity contribution in [2.45, 2.75) is 6.42 Å². The van der Waals surface area contributed by atoms with E-state index in [1.54, 1.807) is 31.4 Å². The lowest BCUT2D eigenvalue weighted by Gasteiger charge is -2.07. The Kier molecular flexibility index (Phi) is 7.44. The van der Waals surface area contributed by atoms with E-state index in [1.165, 1.54) is 0 Å². The Bertz CT molecular complexity index is 717. The van der Waals surface area contributed by atoms with Crippen LogP contribution in [0.4, 0.5) is 0 Å². The minimum atomic E-state index is -0.190. The van der Waals surface area contributed by atoms with Crippen molar-refractivity contribution in [1.82, 2.24) is 10.6 Å². The molecule has 0 spiro atoms. The zero-order chi connectivity index (χ0) is 18.1. The molecule has 2 rings (SSSR count). The molecule has 0 saturated heterocycles. The summed E-state index contributed by atoms with van der Waals surface area (Å²) in [6, 6.07) is 14.1. The number of hydrogen-bond donors (Lipinski definition) is 2. The lowest BCUT2D eigenvalue weighted by Crippen LogP contribution is -2.27. The van der Waals surface area contributed by atoms with E-state index >= 15 is 0 Å². The molecule has 2 aromatic carbocycles. The molecule has 0 aliphatic heterocycles. The van der Waals surface area contributed by atoms with Crippen LogP contribution in [0.5, 0.6) is 0 Å². The molecule has 0 saturated carbocycles. The van der Waals surface area contributed by atoms with Crippen LogP contribution in [-0.2, 0) is 11.2 Å². The predicted octanol–water partition coefficient (Wildman–Crippen LogP) is 2.69. The van der Waals surface area contributed by atoms with Gasteiger partial charge in [0.25, 0.3) is 11.8 Å². The van der Waals surface area contributed by atoms with Crippen LogP contribution in [0.1, 0.15) is 26.3 Å². The van der Waals surface area contributed by atoms with Crippen LogP contribution in [0.3, 0.4) is 0 Å². The van der Waals surface area contributed by atoms with Gasteiger partial charge in [0.1, 0.15) is 0 Å². The first kappa shape index (κ1) is 19.0. The standard InChI is InChI=1S/C19H21ClN2O3/c1-25-12-11-22-19(24)16-7-5-15(6-8-16)18(23)21-10-9-14-3-2-4-17(20)13-14/h2-8,13H,9-12H2,1H3,(H,21,23)(H,22,24). The Morgan fingerprint density at radius 2 is 1.56 bits per heavy atom. The number of halogens is 1. The maximum atomic E-state index is 12.1. The minimum Gasteiger partial charge on any atom is -0.383 e. The normalized spacial score (nSPS) is 10.3. The fraction of sp³-hybridized carbons (Fsp3) is 0.263. The Balaban J connectivity index is 1.82. The van der Waals surface area contributed by atoms with Crippen molar-refractivity contribution in [3.63, 3.8) is 0 Å². The Labute approximate surface area is 152 Å². The number of carbonyl (C=O) groups excluding carboxylic acids is 2. The highest BCUT2D eigenvalue weighted by molar-refractivity contribution is 6.30. The summed E-state index contributed by atoms with van der Waals surface area (Å²) in [6.45, 7) is 1.42. The summed E-state index contributed by atoms with van der Waals surface area (Å²) < 4.78 is 4.88. The van der Waals surface area contributed by atoms with Crippen LogP contribution >= 0.6 is 11.6 Å². The van der Waals surface area contributed by atoms with Crippen molar-refractivity contribution in [2.75, 3.05) is 26.8 Å². The van der Waals surface area contributed by atoms with Crippen LogP contribution in [-0.4, -0.2) is 38.6 Å². The number of hydrogen-bond acceptors (Lipinski definition) is 3. The first-order valence-corrected chi connectivity index (χ1v) is 8.38. The first-order chi connectivity index (χ1) is 12.1. The zero-order valence-electron chi connectivity index (χ0n) is 14.0. The van der Waals surface area contributed by atoms with Crippen molar-refractivity contribution >= 4 is 23.4 Å². The lowest BCUT2D eigenvalue weighted by atomic mass is 10.1. The van der Waals surface area contributed by atoms with E-state index in [9.17, 15) is 9.59 Å². The summed E-state index contributed by atoms with van der Waals surface area (Å²) in [5, 5.41) is 6.27. The molecule has 0 aliphatic carbocycles. The van der Waals surface area contributed by atoms with Gasteiger partial charge in [0, 0.05) is 36.3 Å². The lowest BCUT2D eigenvalue weighted by molar-refractivity contribution is 0.0931. The summed E-state index contributed by atoms with van der Waals surface area (Å²) in [4.78, 5) is 24.0. The molecule has 0 aliphatic rings. The molecule has 5 nitrogen and oxygen atoms in total. The van der Waals surface area contributed by atoms with Gasteiger partial charge in [-0.1, -0.05) is 23.7 Å². The Morgan fingerprint density at radius 3 is 2.12 bits per heavy atom. The quantitative estimate of drug-likeness (QED) is 0.711. The second-order valence-corrected chi connectivity index (χ2v) is 5.90. The number of nitrogens with one attached hydrogen (secondary N) is 2. The predicted molar refractivity (Wildman–Crippen MR) is 98.1 cm³/mol. The third-order valence-electron chi connectivity index (χ3n) is 3.59. The Hall–Kier alpha value is -2.37. The fourth-order valence-corrected chi connectivity index (χ4v) is 2.47. The van der Waals surface area contributed by atoms with E-state index in [2.05, 4.69) is 10.6 Å². The summed E-state index contributed by atoms with van der Waals surface area (Å²) in [5.41, 5.74) is 2.09. The van der Waals surface area contributed by atoms with Crippen LogP contribution in [0.25, 0.3) is 0 Å². The van der Waals surface area contributed by atoms with Gasteiger partial charge in [-0.3, -0.25) is 9.59 Å². The number of methoxy groups -OCH3 is 1. The summed E-state index contributed by atoms with van der Waals surface area (Å²) in [6.07, 6.45) is 0.701. The molecule has 0 bridgehead atoms. The third-order valence-corrected chi connectivity index (χ3v) is 3.82. The fourth-order valence-electron chi connectivity index (χ4n) is 2.26. The van der Waals surface area contributed by atoms with Gasteiger partial charge in [0.2, 0.25) is 0 Å². The highest BCUT2D eigenvalue weighted by atomic mass is 35.5. The highest BCUT2D eigenvalue weighted by Gasteiger charge is 2.08. The largest absolute Gasteiger partial charge is 0.383 e. The summed E-state index contributed by atoms with van der Waals surface area (Å²) >= 11 is 5.94. The van der Waals surface area contributed by atoms with Gasteiger partial charge >= 0.3 is 0 Å². The number of rotatable bonds is 8. The molecule has 2 amide bonds. The van der Waals surface area contributed by atoms with Crippen LogP contribution in [0.2, 0.25) is 5.02 Å². The molecule has 2 N–H and O–H groups in total. The SMILES string of the molecule is COCCNC(=O)c1ccc(C(=O)NCCc2cccc(Cl)c2)cc1. The van der Waals surface area contributed by atoms with Crippen molar-refractivity contribution in [3.8, 4) is 0 Å². The Morgan fingerprint density at radius 1 is 0.960 bits per heavy atom. The van der Waals surface area contributed by atoms with E-state index in [-0.39, 0.29) is 11.8 Å². The monoisotopic (exact) mass is 360 g/mol. The van der Waals surface area contributed by atoms with E-state index in [1.807, 2.05) is 24.3 Å². The second kappa shape index (κ2) is 9.81. The molecule has 132 valence electrons. The van der Waals surface area contributed by atoms with Crippen molar-refractivity contribution in [1.29, 1.82) is 0 Å². The number of benzene rings is 2. The second-order valence-electron chi connectivity index (χ2n) is 5.46. The third kappa shape index (κ3) is 6.21. The van der Waals surface area contributed by atoms with Gasteiger partial charge in [0.15, 0.2) is 0 Å². The molecular weight excluding hydrogens is 340 g/mol. The van der Waals surface area contributed by atoms with Gasteiger partial charge in [-0.15, -0.1) is 0 Å². The summed E-state index contributed by atoms with van der Waals surface area (Å²) in [5.74, 6) is -0.363. The highest BCUT2D eigenvalue weighted by Crippen LogP contribution is 2.11. The molecule has 2 aromatic rings. The molecule has 25 heavy (non-hydrogen) atoms. The van der Waals surface area contributed by atoms with Crippen molar-refractivity contribution in [2.24, 2.45) is 0 Å². The van der Waals surface area contributed by atoms with E-state index in [0.717, 1.165) is 5.56 Å². The maximum absolute atomic E-state index is 12.1. The maximum Gasteiger partial charge on any atom is 0.251 e. The molecule has 6 heteroatoms. The minimum absolute atomic E-state index is 0.173. The van der Waals surface area contributed by atoms with E-state index in [0.29, 0.717) is 42.3 Å². The topological polar surface area (TPSA) is 67.4 Å². The number of carbonyl (C=O) groups is 2. The van der Waals surface area contributed by atoms with Crippen LogP contribution < -0.4 is 10.6 Å². The van der Waals surface area contributed by atoms with Gasteiger partial charge in [-0.25, -0.2) is 0 Å². The molecule has 0 radical (unpaired) electrons. The van der Waals surface area contributed by atoms with E-state index in [4.69, 9.17) is 16.3 Å². The molecule has 0 unspecified atom stereocenters. The summed E-state index contributed by atoms with van der Waals surface area (Å²) in [7, 11) is 1.58. The first-order valence-electron chi connectivity index (χ1n) is 8.00. The zero-order valence-corrected chi connectivity index (χ0v) is 14.8. The van der Waals surface area contributed by atoms with E-state index < -0.39 is 0 Å². The van der Waals surface area contributed by atoms with Gasteiger partial charge < -0.3 is 15.4 Å². The van der Waals surface area contributed by atoms with Gasteiger partial charge in [-0.05, 0) is 48.4 Å². The van der Waals surface area contributed by atoms with Crippen molar-refractivity contribution < 1.29 is 14.3 Å². The molecule has 0 heterocycles. The van der Waals surface area contributed by atoms with Gasteiger partial charge in [-0.2, -0.15) is 0 Å². The smallest absolute Gasteiger partial charge is 0.251 e. The average molecular weight is 361 g/mol. The number of amides is 2. The van der Waals surface area contributed by atoms with Crippen LogP contribution in [0, 0.1) is 0 Å². The molecule has 0 fully saturated rings. The van der Waals surface area contributed by atoms with Crippen LogP contribution in [0.15, 0.2) is 48.5 Å². The molecule has 0 aromatic heterocycles. The number of ether oxygens (including phenoxy) is 1. The van der Waals surface area contributed by atoms with Crippen molar-refractivity contribution in [3.05, 3.63) is 70.2 Å². The average Bonchev–Trinajstić information content (AvgIpc) is 2.62.